The molecule has 0 bridgehead atoms. The lowest BCUT2D eigenvalue weighted by atomic mass is 10.1. The average Bonchev–Trinajstić information content (AvgIpc) is 2.73. The van der Waals surface area contributed by atoms with Crippen LogP contribution in [0.2, 0.25) is 10.0 Å². The van der Waals surface area contributed by atoms with E-state index in [1.165, 1.54) is 11.1 Å². The summed E-state index contributed by atoms with van der Waals surface area (Å²) in [6.07, 6.45) is 0. The minimum atomic E-state index is 0.571. The summed E-state index contributed by atoms with van der Waals surface area (Å²) >= 11 is 12.0. The SMILES string of the molecule is Cc1cccc(-c2cc3cc(Cl)c(Cl)cc3[nH]2)c1. The highest BCUT2D eigenvalue weighted by Gasteiger charge is 2.06. The quantitative estimate of drug-likeness (QED) is 0.608. The molecule has 2 aromatic carbocycles. The van der Waals surface area contributed by atoms with Crippen LogP contribution in [0, 0.1) is 6.92 Å². The first-order valence-corrected chi connectivity index (χ1v) is 6.44. The topological polar surface area (TPSA) is 15.8 Å². The molecule has 18 heavy (non-hydrogen) atoms. The highest BCUT2D eigenvalue weighted by molar-refractivity contribution is 6.42. The molecule has 0 saturated carbocycles. The molecule has 1 N–H and O–H groups in total. The normalized spacial score (nSPS) is 11.1. The summed E-state index contributed by atoms with van der Waals surface area (Å²) in [5, 5.41) is 2.22. The minimum absolute atomic E-state index is 0.571. The zero-order chi connectivity index (χ0) is 12.7. The van der Waals surface area contributed by atoms with Gasteiger partial charge in [0.15, 0.2) is 0 Å². The number of halogens is 2. The molecule has 0 aliphatic carbocycles. The van der Waals surface area contributed by atoms with E-state index in [0.717, 1.165) is 16.6 Å². The van der Waals surface area contributed by atoms with Crippen LogP contribution in [-0.2, 0) is 0 Å². The van der Waals surface area contributed by atoms with E-state index in [1.807, 2.05) is 12.1 Å². The fourth-order valence-corrected chi connectivity index (χ4v) is 2.43. The highest BCUT2D eigenvalue weighted by Crippen LogP contribution is 2.31. The first kappa shape index (κ1) is 11.6. The van der Waals surface area contributed by atoms with Crippen molar-refractivity contribution in [3.05, 3.63) is 58.1 Å². The van der Waals surface area contributed by atoms with Gasteiger partial charge in [-0.3, -0.25) is 0 Å². The number of aryl methyl sites for hydroxylation is 1. The summed E-state index contributed by atoms with van der Waals surface area (Å²) in [6.45, 7) is 2.08. The molecule has 0 aliphatic rings. The van der Waals surface area contributed by atoms with Crippen molar-refractivity contribution in [2.75, 3.05) is 0 Å². The molecule has 1 nitrogen and oxygen atoms in total. The molecule has 0 fully saturated rings. The van der Waals surface area contributed by atoms with E-state index in [9.17, 15) is 0 Å². The molecule has 90 valence electrons. The van der Waals surface area contributed by atoms with Crippen molar-refractivity contribution in [2.24, 2.45) is 0 Å². The summed E-state index contributed by atoms with van der Waals surface area (Å²) in [6, 6.07) is 14.2. The van der Waals surface area contributed by atoms with Crippen LogP contribution < -0.4 is 0 Å². The van der Waals surface area contributed by atoms with Gasteiger partial charge in [0, 0.05) is 16.6 Å². The molecular weight excluding hydrogens is 265 g/mol. The number of benzene rings is 2. The van der Waals surface area contributed by atoms with Gasteiger partial charge in [0.25, 0.3) is 0 Å². The van der Waals surface area contributed by atoms with Gasteiger partial charge in [-0.25, -0.2) is 0 Å². The number of hydrogen-bond donors (Lipinski definition) is 1. The van der Waals surface area contributed by atoms with Gasteiger partial charge < -0.3 is 4.98 Å². The molecule has 0 radical (unpaired) electrons. The second-order valence-electron chi connectivity index (χ2n) is 4.41. The van der Waals surface area contributed by atoms with Crippen LogP contribution in [-0.4, -0.2) is 4.98 Å². The molecule has 3 heteroatoms. The Hall–Kier alpha value is -1.44. The van der Waals surface area contributed by atoms with Gasteiger partial charge in [-0.2, -0.15) is 0 Å². The maximum absolute atomic E-state index is 6.02. The second-order valence-corrected chi connectivity index (χ2v) is 5.22. The van der Waals surface area contributed by atoms with E-state index in [2.05, 4.69) is 42.2 Å². The summed E-state index contributed by atoms with van der Waals surface area (Å²) in [5.41, 5.74) is 4.48. The molecular formula is C15H11Cl2N. The van der Waals surface area contributed by atoms with Gasteiger partial charge in [-0.05, 0) is 36.8 Å². The Morgan fingerprint density at radius 3 is 2.50 bits per heavy atom. The lowest BCUT2D eigenvalue weighted by Gasteiger charge is -1.98. The third-order valence-electron chi connectivity index (χ3n) is 2.99. The van der Waals surface area contributed by atoms with E-state index in [4.69, 9.17) is 23.2 Å². The Kier molecular flexibility index (Phi) is 2.81. The maximum Gasteiger partial charge on any atom is 0.0613 e. The number of nitrogens with one attached hydrogen (secondary N) is 1. The minimum Gasteiger partial charge on any atom is -0.354 e. The standard InChI is InChI=1S/C15H11Cl2N/c1-9-3-2-4-10(5-9)14-7-11-6-12(16)13(17)8-15(11)18-14/h2-8,18H,1H3. The van der Waals surface area contributed by atoms with Crippen molar-refractivity contribution in [3.63, 3.8) is 0 Å². The van der Waals surface area contributed by atoms with Crippen LogP contribution >= 0.6 is 23.2 Å². The fraction of sp³-hybridized carbons (Fsp3) is 0.0667. The van der Waals surface area contributed by atoms with Gasteiger partial charge >= 0.3 is 0 Å². The zero-order valence-electron chi connectivity index (χ0n) is 9.80. The van der Waals surface area contributed by atoms with Crippen LogP contribution in [0.3, 0.4) is 0 Å². The number of rotatable bonds is 1. The predicted molar refractivity (Wildman–Crippen MR) is 78.5 cm³/mol. The van der Waals surface area contributed by atoms with Crippen molar-refractivity contribution in [1.29, 1.82) is 0 Å². The molecule has 0 atom stereocenters. The molecule has 1 aromatic heterocycles. The van der Waals surface area contributed by atoms with Gasteiger partial charge in [0.2, 0.25) is 0 Å². The second kappa shape index (κ2) is 4.34. The highest BCUT2D eigenvalue weighted by atomic mass is 35.5. The van der Waals surface area contributed by atoms with Gasteiger partial charge in [0.05, 0.1) is 10.0 Å². The van der Waals surface area contributed by atoms with Gasteiger partial charge in [0.1, 0.15) is 0 Å². The number of H-pyrrole nitrogens is 1. The average molecular weight is 276 g/mol. The Labute approximate surface area is 115 Å². The Balaban J connectivity index is 2.19. The third kappa shape index (κ3) is 2.00. The monoisotopic (exact) mass is 275 g/mol. The lowest BCUT2D eigenvalue weighted by molar-refractivity contribution is 1.41. The van der Waals surface area contributed by atoms with Crippen LogP contribution in [0.4, 0.5) is 0 Å². The smallest absolute Gasteiger partial charge is 0.0613 e. The number of aromatic amines is 1. The van der Waals surface area contributed by atoms with Gasteiger partial charge in [-0.15, -0.1) is 0 Å². The van der Waals surface area contributed by atoms with Crippen molar-refractivity contribution in [2.45, 2.75) is 6.92 Å². The Bertz CT molecular complexity index is 689. The molecule has 1 heterocycles. The van der Waals surface area contributed by atoms with Crippen molar-refractivity contribution in [1.82, 2.24) is 4.98 Å². The first-order chi connectivity index (χ1) is 8.63. The number of fused-ring (bicyclic) bond motifs is 1. The van der Waals surface area contributed by atoms with Crippen molar-refractivity contribution < 1.29 is 0 Å². The number of aromatic nitrogens is 1. The summed E-state index contributed by atoms with van der Waals surface area (Å²) < 4.78 is 0. The summed E-state index contributed by atoms with van der Waals surface area (Å²) in [4.78, 5) is 3.36. The first-order valence-electron chi connectivity index (χ1n) is 5.68. The third-order valence-corrected chi connectivity index (χ3v) is 3.71. The summed E-state index contributed by atoms with van der Waals surface area (Å²) in [7, 11) is 0. The summed E-state index contributed by atoms with van der Waals surface area (Å²) in [5.74, 6) is 0. The van der Waals surface area contributed by atoms with E-state index < -0.39 is 0 Å². The van der Waals surface area contributed by atoms with Crippen molar-refractivity contribution >= 4 is 34.1 Å². The van der Waals surface area contributed by atoms with E-state index in [0.29, 0.717) is 10.0 Å². The Morgan fingerprint density at radius 2 is 1.72 bits per heavy atom. The van der Waals surface area contributed by atoms with Crippen LogP contribution in [0.25, 0.3) is 22.2 Å². The van der Waals surface area contributed by atoms with Gasteiger partial charge in [-0.1, -0.05) is 47.0 Å². The molecule has 0 spiro atoms. The van der Waals surface area contributed by atoms with Crippen LogP contribution in [0.1, 0.15) is 5.56 Å². The van der Waals surface area contributed by atoms with E-state index >= 15 is 0 Å². The largest absolute Gasteiger partial charge is 0.354 e. The maximum atomic E-state index is 6.02. The molecule has 0 saturated heterocycles. The molecule has 0 aliphatic heterocycles. The van der Waals surface area contributed by atoms with Crippen molar-refractivity contribution in [3.8, 4) is 11.3 Å². The predicted octanol–water partition coefficient (Wildman–Crippen LogP) is 5.45. The molecule has 3 rings (SSSR count). The molecule has 3 aromatic rings. The molecule has 0 unspecified atom stereocenters. The lowest BCUT2D eigenvalue weighted by Crippen LogP contribution is -1.78. The molecule has 0 amide bonds. The fourth-order valence-electron chi connectivity index (χ4n) is 2.09. The number of hydrogen-bond acceptors (Lipinski definition) is 0. The Morgan fingerprint density at radius 1 is 0.944 bits per heavy atom. The van der Waals surface area contributed by atoms with Crippen LogP contribution in [0.5, 0.6) is 0 Å². The van der Waals surface area contributed by atoms with E-state index in [-0.39, 0.29) is 0 Å². The zero-order valence-corrected chi connectivity index (χ0v) is 11.3. The van der Waals surface area contributed by atoms with E-state index in [1.54, 1.807) is 0 Å². The van der Waals surface area contributed by atoms with Crippen LogP contribution in [0.15, 0.2) is 42.5 Å².